The van der Waals surface area contributed by atoms with Crippen molar-refractivity contribution in [1.82, 2.24) is 10.2 Å². The van der Waals surface area contributed by atoms with Crippen molar-refractivity contribution >= 4 is 29.1 Å². The third-order valence-corrected chi connectivity index (χ3v) is 6.59. The lowest BCUT2D eigenvalue weighted by atomic mass is 9.97. The molecule has 1 N–H and O–H groups in total. The number of hydrogen-bond acceptors (Lipinski definition) is 3. The summed E-state index contributed by atoms with van der Waals surface area (Å²) < 4.78 is 5.85. The highest BCUT2D eigenvalue weighted by atomic mass is 35.5. The molecule has 2 aromatic rings. The van der Waals surface area contributed by atoms with Crippen molar-refractivity contribution in [2.45, 2.75) is 38.3 Å². The Morgan fingerprint density at radius 3 is 2.41 bits per heavy atom. The molecular formula is C23H26Cl2N2O2. The summed E-state index contributed by atoms with van der Waals surface area (Å²) in [5.74, 6) is 0.839. The van der Waals surface area contributed by atoms with E-state index in [-0.39, 0.29) is 11.8 Å². The number of piperidine rings is 1. The number of nitrogens with one attached hydrogen (secondary N) is 1. The largest absolute Gasteiger partial charge is 0.489 e. The molecule has 2 aromatic carbocycles. The third kappa shape index (κ3) is 4.88. The molecule has 2 fully saturated rings. The second kappa shape index (κ2) is 9.38. The molecular weight excluding hydrogens is 407 g/mol. The molecule has 154 valence electrons. The first-order valence-electron chi connectivity index (χ1n) is 10.3. The molecule has 0 radical (unpaired) electrons. The summed E-state index contributed by atoms with van der Waals surface area (Å²) in [6, 6.07) is 13.9. The van der Waals surface area contributed by atoms with Crippen molar-refractivity contribution in [2.75, 3.05) is 19.6 Å². The Kier molecular flexibility index (Phi) is 6.63. The Bertz CT molecular complexity index is 830. The van der Waals surface area contributed by atoms with Crippen molar-refractivity contribution in [1.29, 1.82) is 0 Å². The van der Waals surface area contributed by atoms with E-state index in [9.17, 15) is 4.79 Å². The highest BCUT2D eigenvalue weighted by molar-refractivity contribution is 6.36. The van der Waals surface area contributed by atoms with E-state index < -0.39 is 0 Å². The van der Waals surface area contributed by atoms with E-state index in [1.807, 2.05) is 30.3 Å². The van der Waals surface area contributed by atoms with Gasteiger partial charge >= 0.3 is 0 Å². The normalized spacial score (nSPS) is 20.3. The first-order valence-corrected chi connectivity index (χ1v) is 11.0. The molecule has 1 amide bonds. The molecule has 0 aromatic heterocycles. The third-order valence-electron chi connectivity index (χ3n) is 5.91. The van der Waals surface area contributed by atoms with Crippen LogP contribution in [0.15, 0.2) is 42.5 Å². The summed E-state index contributed by atoms with van der Waals surface area (Å²) in [6.07, 6.45) is 3.51. The van der Waals surface area contributed by atoms with Crippen LogP contribution in [0.2, 0.25) is 10.0 Å². The Labute approximate surface area is 182 Å². The number of benzene rings is 2. The van der Waals surface area contributed by atoms with Crippen LogP contribution in [0.4, 0.5) is 0 Å². The summed E-state index contributed by atoms with van der Waals surface area (Å²) in [5.41, 5.74) is 1.92. The molecule has 2 aliphatic rings. The number of rotatable bonds is 6. The van der Waals surface area contributed by atoms with Crippen LogP contribution < -0.4 is 10.1 Å². The van der Waals surface area contributed by atoms with Crippen LogP contribution in [0.25, 0.3) is 0 Å². The number of hydrogen-bond donors (Lipinski definition) is 1. The molecule has 29 heavy (non-hydrogen) atoms. The van der Waals surface area contributed by atoms with Crippen molar-refractivity contribution in [3.8, 4) is 5.75 Å². The fraction of sp³-hybridized carbons (Fsp3) is 0.435. The molecule has 4 rings (SSSR count). The van der Waals surface area contributed by atoms with Gasteiger partial charge in [0.15, 0.2) is 0 Å². The van der Waals surface area contributed by atoms with Crippen LogP contribution in [0.3, 0.4) is 0 Å². The number of carbonyl (C=O) groups is 1. The van der Waals surface area contributed by atoms with Gasteiger partial charge in [-0.15, -0.1) is 0 Å². The first-order chi connectivity index (χ1) is 14.1. The highest BCUT2D eigenvalue weighted by Crippen LogP contribution is 2.35. The van der Waals surface area contributed by atoms with Gasteiger partial charge < -0.3 is 15.0 Å². The summed E-state index contributed by atoms with van der Waals surface area (Å²) >= 11 is 13.1. The minimum Gasteiger partial charge on any atom is -0.489 e. The standard InChI is InChI=1S/C23H26Cl2N2O2/c24-21-13-19(29-15-16-4-2-1-3-5-16)14-22(25)20(21)12-17-8-11-27(23(17)28)18-6-9-26-10-7-18/h1-5,13-14,17-18,26H,6-12,15H2/t17-/m0/s1. The maximum absolute atomic E-state index is 13.0. The van der Waals surface area contributed by atoms with Crippen LogP contribution in [0, 0.1) is 5.92 Å². The minimum absolute atomic E-state index is 0.0454. The van der Waals surface area contributed by atoms with E-state index in [1.165, 1.54) is 0 Å². The van der Waals surface area contributed by atoms with E-state index in [0.29, 0.717) is 34.9 Å². The van der Waals surface area contributed by atoms with E-state index >= 15 is 0 Å². The minimum atomic E-state index is -0.0454. The molecule has 0 spiro atoms. The zero-order valence-corrected chi connectivity index (χ0v) is 17.9. The van der Waals surface area contributed by atoms with Crippen molar-refractivity contribution in [3.05, 3.63) is 63.6 Å². The van der Waals surface area contributed by atoms with Gasteiger partial charge in [0, 0.05) is 28.5 Å². The number of likely N-dealkylation sites (tertiary alicyclic amines) is 1. The van der Waals surface area contributed by atoms with Crippen LogP contribution in [-0.2, 0) is 17.8 Å². The van der Waals surface area contributed by atoms with Gasteiger partial charge in [0.25, 0.3) is 0 Å². The Hall–Kier alpha value is -1.75. The lowest BCUT2D eigenvalue weighted by Crippen LogP contribution is -2.44. The maximum Gasteiger partial charge on any atom is 0.226 e. The van der Waals surface area contributed by atoms with Crippen LogP contribution in [0.1, 0.15) is 30.4 Å². The molecule has 0 saturated carbocycles. The fourth-order valence-corrected chi connectivity index (χ4v) is 4.90. The first kappa shape index (κ1) is 20.5. The molecule has 0 bridgehead atoms. The predicted octanol–water partition coefficient (Wildman–Crippen LogP) is 4.72. The van der Waals surface area contributed by atoms with E-state index in [1.54, 1.807) is 12.1 Å². The molecule has 4 nitrogen and oxygen atoms in total. The maximum atomic E-state index is 13.0. The van der Waals surface area contributed by atoms with E-state index in [4.69, 9.17) is 27.9 Å². The average Bonchev–Trinajstić information content (AvgIpc) is 3.11. The zero-order valence-electron chi connectivity index (χ0n) is 16.4. The molecule has 2 aliphatic heterocycles. The number of nitrogens with zero attached hydrogens (tertiary/aromatic N) is 1. The summed E-state index contributed by atoms with van der Waals surface area (Å²) in [6.45, 7) is 3.27. The second-order valence-corrected chi connectivity index (χ2v) is 8.66. The quantitative estimate of drug-likeness (QED) is 0.717. The number of ether oxygens (including phenoxy) is 1. The van der Waals surface area contributed by atoms with Crippen LogP contribution >= 0.6 is 23.2 Å². The van der Waals surface area contributed by atoms with Gasteiger partial charge in [0.1, 0.15) is 12.4 Å². The Balaban J connectivity index is 1.40. The monoisotopic (exact) mass is 432 g/mol. The smallest absolute Gasteiger partial charge is 0.226 e. The van der Waals surface area contributed by atoms with Gasteiger partial charge in [-0.3, -0.25) is 4.79 Å². The molecule has 0 aliphatic carbocycles. The van der Waals surface area contributed by atoms with Gasteiger partial charge in [-0.2, -0.15) is 0 Å². The number of amides is 1. The fourth-order valence-electron chi connectivity index (χ4n) is 4.28. The lowest BCUT2D eigenvalue weighted by Gasteiger charge is -2.31. The second-order valence-electron chi connectivity index (χ2n) is 7.84. The summed E-state index contributed by atoms with van der Waals surface area (Å²) in [4.78, 5) is 15.0. The topological polar surface area (TPSA) is 41.6 Å². The molecule has 1 atom stereocenters. The van der Waals surface area contributed by atoms with E-state index in [0.717, 1.165) is 50.0 Å². The van der Waals surface area contributed by atoms with Crippen LogP contribution in [-0.4, -0.2) is 36.5 Å². The van der Waals surface area contributed by atoms with E-state index in [2.05, 4.69) is 10.2 Å². The van der Waals surface area contributed by atoms with Gasteiger partial charge in [0.05, 0.1) is 0 Å². The van der Waals surface area contributed by atoms with Crippen molar-refractivity contribution in [2.24, 2.45) is 5.92 Å². The lowest BCUT2D eigenvalue weighted by molar-refractivity contribution is -0.133. The molecule has 6 heteroatoms. The van der Waals surface area contributed by atoms with Gasteiger partial charge in [-0.25, -0.2) is 0 Å². The molecule has 2 saturated heterocycles. The summed E-state index contributed by atoms with van der Waals surface area (Å²) in [7, 11) is 0. The molecule has 0 unspecified atom stereocenters. The predicted molar refractivity (Wildman–Crippen MR) is 117 cm³/mol. The van der Waals surface area contributed by atoms with Gasteiger partial charge in [-0.1, -0.05) is 53.5 Å². The Morgan fingerprint density at radius 1 is 1.03 bits per heavy atom. The zero-order chi connectivity index (χ0) is 20.2. The van der Waals surface area contributed by atoms with Crippen LogP contribution in [0.5, 0.6) is 5.75 Å². The van der Waals surface area contributed by atoms with Crippen molar-refractivity contribution in [3.63, 3.8) is 0 Å². The molecule has 2 heterocycles. The SMILES string of the molecule is O=C1[C@H](Cc2c(Cl)cc(OCc3ccccc3)cc2Cl)CCN1C1CCNCC1. The Morgan fingerprint density at radius 2 is 1.72 bits per heavy atom. The number of carbonyl (C=O) groups excluding carboxylic acids is 1. The summed E-state index contributed by atoms with van der Waals surface area (Å²) in [5, 5.41) is 4.49. The van der Waals surface area contributed by atoms with Crippen molar-refractivity contribution < 1.29 is 9.53 Å². The van der Waals surface area contributed by atoms with Gasteiger partial charge in [0.2, 0.25) is 5.91 Å². The van der Waals surface area contributed by atoms with Gasteiger partial charge in [-0.05, 0) is 62.0 Å². The average molecular weight is 433 g/mol. The highest BCUT2D eigenvalue weighted by Gasteiger charge is 2.36. The number of halogens is 2.